The van der Waals surface area contributed by atoms with E-state index in [0.29, 0.717) is 31.9 Å². The number of methoxy groups -OCH3 is 1. The van der Waals surface area contributed by atoms with E-state index in [1.807, 2.05) is 149 Å². The van der Waals surface area contributed by atoms with Crippen LogP contribution in [0.4, 0.5) is 0 Å². The number of hydrogen-bond donors (Lipinski definition) is 2. The Hall–Kier alpha value is -5.32. The van der Waals surface area contributed by atoms with Gasteiger partial charge in [-0.25, -0.2) is 0 Å². The van der Waals surface area contributed by atoms with Crippen molar-refractivity contribution in [2.24, 2.45) is 0 Å². The molecule has 17 heteroatoms. The number of benzene rings is 10. The Morgan fingerprint density at radius 1 is 0.392 bits per heavy atom. The van der Waals surface area contributed by atoms with Crippen LogP contribution in [0, 0.1) is 21.8 Å². The number of halogens is 2. The van der Waals surface area contributed by atoms with Gasteiger partial charge in [-0.1, -0.05) is 290 Å². The topological polar surface area (TPSA) is 114 Å². The fourth-order valence-electron chi connectivity index (χ4n) is 8.86. The molecule has 2 fully saturated rings. The van der Waals surface area contributed by atoms with Gasteiger partial charge in [-0.05, 0) is 130 Å². The molecular formula is C80H95B3Br2O10Y2-2. The van der Waals surface area contributed by atoms with Crippen LogP contribution in [0.5, 0.6) is 17.2 Å². The van der Waals surface area contributed by atoms with E-state index in [-0.39, 0.29) is 94.5 Å². The van der Waals surface area contributed by atoms with Gasteiger partial charge in [0, 0.05) is 108 Å². The van der Waals surface area contributed by atoms with E-state index in [1.165, 1.54) is 38.9 Å². The van der Waals surface area contributed by atoms with Crippen LogP contribution >= 0.6 is 31.9 Å². The van der Waals surface area contributed by atoms with Crippen LogP contribution in [-0.2, 0) is 95.2 Å². The Kier molecular flexibility index (Phi) is 51.3. The summed E-state index contributed by atoms with van der Waals surface area (Å²) in [4.78, 5) is 0. The summed E-state index contributed by atoms with van der Waals surface area (Å²) in [5.74, 6) is 2.54. The average molecular weight is 1590 g/mol. The Bertz CT molecular complexity index is 3380. The zero-order valence-corrected chi connectivity index (χ0v) is 66.8. The van der Waals surface area contributed by atoms with Crippen LogP contribution < -0.4 is 30.6 Å². The molecule has 0 saturated carbocycles. The van der Waals surface area contributed by atoms with E-state index in [4.69, 9.17) is 47.6 Å². The summed E-state index contributed by atoms with van der Waals surface area (Å²) in [7, 11) is -0.106. The minimum Gasteiger partial charge on any atom is -0.491 e. The van der Waals surface area contributed by atoms with Crippen molar-refractivity contribution < 1.29 is 113 Å². The number of ether oxygens (including phenoxy) is 4. The summed E-state index contributed by atoms with van der Waals surface area (Å²) in [6.45, 7) is 17.5. The molecule has 10 nitrogen and oxygen atoms in total. The summed E-state index contributed by atoms with van der Waals surface area (Å²) < 4.78 is 46.1. The second-order valence-corrected chi connectivity index (χ2v) is 22.1. The first-order valence-electron chi connectivity index (χ1n) is 31.9. The summed E-state index contributed by atoms with van der Waals surface area (Å²) in [5.41, 5.74) is 12.7. The maximum Gasteiger partial charge on any atom is 0.493 e. The average Bonchev–Trinajstić information content (AvgIpc) is 1.26. The van der Waals surface area contributed by atoms with Gasteiger partial charge in [0.2, 0.25) is 0 Å². The normalized spacial score (nSPS) is 11.3. The van der Waals surface area contributed by atoms with Gasteiger partial charge in [0.15, 0.2) is 0 Å². The molecule has 0 spiro atoms. The van der Waals surface area contributed by atoms with Crippen LogP contribution in [0.1, 0.15) is 58.6 Å². The molecular weight excluding hydrogens is 1490 g/mol. The predicted octanol–water partition coefficient (Wildman–Crippen LogP) is 17.9. The van der Waals surface area contributed by atoms with Crippen LogP contribution in [0.3, 0.4) is 0 Å². The molecule has 0 aliphatic carbocycles. The second kappa shape index (κ2) is 55.5. The minimum absolute atomic E-state index is 0. The van der Waals surface area contributed by atoms with Crippen molar-refractivity contribution in [1.82, 2.24) is 0 Å². The van der Waals surface area contributed by atoms with Crippen LogP contribution in [0.25, 0.3) is 33.4 Å². The molecule has 0 amide bonds. The summed E-state index contributed by atoms with van der Waals surface area (Å²) >= 11 is 6.80. The van der Waals surface area contributed by atoms with Gasteiger partial charge in [-0.2, -0.15) is 0 Å². The van der Waals surface area contributed by atoms with E-state index in [0.717, 1.165) is 88.4 Å². The fourth-order valence-corrected chi connectivity index (χ4v) is 9.61. The zero-order chi connectivity index (χ0) is 66.5. The molecule has 2 N–H and O–H groups in total. The van der Waals surface area contributed by atoms with Crippen molar-refractivity contribution in [2.75, 3.05) is 60.0 Å². The first-order chi connectivity index (χ1) is 45.6. The Labute approximate surface area is 649 Å². The molecule has 2 aliphatic rings. The van der Waals surface area contributed by atoms with Gasteiger partial charge < -0.3 is 62.5 Å². The van der Waals surface area contributed by atoms with Crippen LogP contribution in [0.15, 0.2) is 276 Å². The molecule has 2 heterocycles. The molecule has 0 bridgehead atoms. The molecule has 10 aromatic carbocycles. The molecule has 2 saturated heterocycles. The van der Waals surface area contributed by atoms with Gasteiger partial charge in [0.1, 0.15) is 37.1 Å². The van der Waals surface area contributed by atoms with Crippen LogP contribution in [-0.4, -0.2) is 91.4 Å². The third-order valence-electron chi connectivity index (χ3n) is 13.5. The molecule has 506 valence electrons. The zero-order valence-electron chi connectivity index (χ0n) is 58.0. The Balaban J connectivity index is 0.000000593. The summed E-state index contributed by atoms with van der Waals surface area (Å²) in [6.07, 6.45) is 3.00. The van der Waals surface area contributed by atoms with Gasteiger partial charge in [-0.15, -0.1) is 0 Å². The number of aryl methyl sites for hydroxylation is 2. The quantitative estimate of drug-likeness (QED) is 0.0551. The maximum absolute atomic E-state index is 8.58. The number of hydrogen-bond acceptors (Lipinski definition) is 10. The summed E-state index contributed by atoms with van der Waals surface area (Å²) in [5, 5.41) is 17.2. The third-order valence-corrected chi connectivity index (χ3v) is 14.5. The largest absolute Gasteiger partial charge is 0.493 e. The Morgan fingerprint density at radius 3 is 1.07 bits per heavy atom. The summed E-state index contributed by atoms with van der Waals surface area (Å²) in [6, 6.07) is 88.9. The minimum atomic E-state index is -1.34. The van der Waals surface area contributed by atoms with Crippen molar-refractivity contribution in [3.8, 4) is 50.6 Å². The molecule has 0 aromatic heterocycles. The maximum atomic E-state index is 8.58. The van der Waals surface area contributed by atoms with Crippen molar-refractivity contribution in [1.29, 1.82) is 0 Å². The van der Waals surface area contributed by atoms with Gasteiger partial charge in [0.25, 0.3) is 0 Å². The molecule has 10 aromatic rings. The predicted molar refractivity (Wildman–Crippen MR) is 408 cm³/mol. The van der Waals surface area contributed by atoms with Crippen molar-refractivity contribution >= 4 is 69.6 Å². The van der Waals surface area contributed by atoms with Crippen molar-refractivity contribution in [3.63, 3.8) is 0 Å². The first-order valence-corrected chi connectivity index (χ1v) is 33.5. The molecule has 2 aliphatic heterocycles. The standard InChI is InChI=1S/C23H24O2.C14H12Br2O2.C12H16B2O4.C12H10.C7H8.C6H7BO2.2C2H6.2CH3.2Y/c1-3-18-6-4-7-21(16-18)19-10-12-20(13-11-19)22-8-5-9-23(17-22)25-15-14-24-2;15-11-3-1-5-13(9-11)17-7-8-18-14-6-2-4-12(16)10-14;1-7-15-13(16-8-1)11-3-5-12(6-4-11)14-17-9-2-10-18-14;1-3-7-11(8-4-1)12-9-5-2-6-10-12;1-7-5-3-2-4-6-7;8-7(9)6-4-2-1-3-5-6;2*1-2;;;;/h4-13,16-17H,3,14-15H2,1-2H3;1-6,9-10H,7-8H2;3-6H,1-2,7-10H2;1-10H;2-6H,1H3;1-5,8-9H;2*1-2H3;2*1H3;;/q;;;;;;;;2*-1;;. The van der Waals surface area contributed by atoms with Crippen LogP contribution in [0.2, 0.25) is 0 Å². The number of rotatable bonds is 16. The fraction of sp³-hybridized carbons (Fsp3) is 0.225. The molecule has 0 unspecified atom stereocenters. The monoisotopic (exact) mass is 1580 g/mol. The third kappa shape index (κ3) is 36.0. The van der Waals surface area contributed by atoms with Gasteiger partial charge in [-0.3, -0.25) is 0 Å². The van der Waals surface area contributed by atoms with Crippen molar-refractivity contribution in [3.05, 3.63) is 302 Å². The molecule has 2 radical (unpaired) electrons. The van der Waals surface area contributed by atoms with Gasteiger partial charge >= 0.3 is 21.4 Å². The smallest absolute Gasteiger partial charge is 0.491 e. The first kappa shape index (κ1) is 89.7. The van der Waals surface area contributed by atoms with E-state index >= 15 is 0 Å². The van der Waals surface area contributed by atoms with Crippen molar-refractivity contribution in [2.45, 2.75) is 60.8 Å². The molecule has 97 heavy (non-hydrogen) atoms. The second-order valence-electron chi connectivity index (χ2n) is 20.3. The van der Waals surface area contributed by atoms with E-state index in [9.17, 15) is 0 Å². The Morgan fingerprint density at radius 2 is 0.722 bits per heavy atom. The van der Waals surface area contributed by atoms with E-state index < -0.39 is 7.12 Å². The SMILES string of the molecule is Brc1cccc(OCCOc2cccc(Br)c2)c1.CC.CC.CCc1cccc(-c2ccc(-c3cccc(OCCOC)c3)cc2)c1.Cc1ccccc1.OB(O)c1ccccc1.[CH3-].[CH3-].[Y].[Y].c1cc(B2OCCCO2)ccc1B1OCCCO1.c1ccc(-c2ccccc2)cc1. The van der Waals surface area contributed by atoms with E-state index in [2.05, 4.69) is 167 Å². The van der Waals surface area contributed by atoms with Gasteiger partial charge in [0.05, 0.1) is 6.61 Å². The molecule has 0 atom stereocenters. The van der Waals surface area contributed by atoms with E-state index in [1.54, 1.807) is 31.4 Å². The molecule has 12 rings (SSSR count).